The average Bonchev–Trinajstić information content (AvgIpc) is 2.74. The zero-order valence-electron chi connectivity index (χ0n) is 18.2. The van der Waals surface area contributed by atoms with E-state index in [4.69, 9.17) is 11.6 Å². The van der Waals surface area contributed by atoms with Crippen molar-refractivity contribution in [3.8, 4) is 0 Å². The van der Waals surface area contributed by atoms with Crippen LogP contribution in [0, 0.1) is 5.92 Å². The molecule has 0 saturated carbocycles. The molecule has 0 aliphatic carbocycles. The van der Waals surface area contributed by atoms with E-state index in [0.29, 0.717) is 17.1 Å². The highest BCUT2D eigenvalue weighted by atomic mass is 35.5. The van der Waals surface area contributed by atoms with Crippen molar-refractivity contribution in [3.05, 3.63) is 70.2 Å². The predicted molar refractivity (Wildman–Crippen MR) is 122 cm³/mol. The summed E-state index contributed by atoms with van der Waals surface area (Å²) in [4.78, 5) is 27.6. The molecule has 0 spiro atoms. The van der Waals surface area contributed by atoms with Crippen LogP contribution in [-0.4, -0.2) is 35.8 Å². The molecule has 0 aliphatic heterocycles. The van der Waals surface area contributed by atoms with Crippen molar-refractivity contribution in [3.63, 3.8) is 0 Å². The summed E-state index contributed by atoms with van der Waals surface area (Å²) in [6.45, 7) is 11.5. The zero-order valence-corrected chi connectivity index (χ0v) is 19.0. The van der Waals surface area contributed by atoms with Gasteiger partial charge in [-0.05, 0) is 42.3 Å². The molecule has 2 rings (SSSR count). The van der Waals surface area contributed by atoms with Gasteiger partial charge in [0.25, 0.3) is 5.91 Å². The first kappa shape index (κ1) is 23.9. The third kappa shape index (κ3) is 6.85. The maximum Gasteiger partial charge on any atom is 0.253 e. The third-order valence-electron chi connectivity index (χ3n) is 5.14. The molecule has 2 N–H and O–H groups in total. The minimum atomic E-state index is -0.643. The SMILES string of the molecule is CCN(CC)Cc1ccc(CNC(=O)[C@@H](NC(=O)c2ccccc2Cl)C(C)C)cc1. The molecule has 6 heteroatoms. The van der Waals surface area contributed by atoms with Gasteiger partial charge in [-0.3, -0.25) is 14.5 Å². The first-order chi connectivity index (χ1) is 14.3. The molecular formula is C24H32ClN3O2. The van der Waals surface area contributed by atoms with E-state index in [2.05, 4.69) is 41.5 Å². The maximum atomic E-state index is 12.7. The van der Waals surface area contributed by atoms with Gasteiger partial charge in [0, 0.05) is 13.1 Å². The molecule has 2 aromatic rings. The summed E-state index contributed by atoms with van der Waals surface area (Å²) in [5.74, 6) is -0.624. The summed E-state index contributed by atoms with van der Waals surface area (Å²) < 4.78 is 0. The largest absolute Gasteiger partial charge is 0.350 e. The van der Waals surface area contributed by atoms with Crippen molar-refractivity contribution in [1.29, 1.82) is 0 Å². The summed E-state index contributed by atoms with van der Waals surface area (Å²) in [6.07, 6.45) is 0. The van der Waals surface area contributed by atoms with Crippen LogP contribution in [0.1, 0.15) is 49.2 Å². The Labute approximate surface area is 184 Å². The molecule has 0 radical (unpaired) electrons. The van der Waals surface area contributed by atoms with Gasteiger partial charge in [-0.25, -0.2) is 0 Å². The molecule has 0 heterocycles. The number of nitrogens with one attached hydrogen (secondary N) is 2. The summed E-state index contributed by atoms with van der Waals surface area (Å²) in [6, 6.07) is 14.4. The van der Waals surface area contributed by atoms with E-state index in [1.807, 2.05) is 26.0 Å². The number of halogens is 1. The molecule has 162 valence electrons. The molecular weight excluding hydrogens is 398 g/mol. The number of carbonyl (C=O) groups is 2. The standard InChI is InChI=1S/C24H32ClN3O2/c1-5-28(6-2)16-19-13-11-18(12-14-19)15-26-24(30)22(17(3)4)27-23(29)20-9-7-8-10-21(20)25/h7-14,17,22H,5-6,15-16H2,1-4H3,(H,26,30)(H,27,29)/t22-/m0/s1. The van der Waals surface area contributed by atoms with Gasteiger partial charge in [0.1, 0.15) is 6.04 Å². The summed E-state index contributed by atoms with van der Waals surface area (Å²) in [5, 5.41) is 6.11. The number of nitrogens with zero attached hydrogens (tertiary/aromatic N) is 1. The second-order valence-electron chi connectivity index (χ2n) is 7.67. The predicted octanol–water partition coefficient (Wildman–Crippen LogP) is 4.25. The van der Waals surface area contributed by atoms with E-state index in [0.717, 1.165) is 25.2 Å². The van der Waals surface area contributed by atoms with Gasteiger partial charge in [0.2, 0.25) is 5.91 Å². The second-order valence-corrected chi connectivity index (χ2v) is 8.08. The van der Waals surface area contributed by atoms with E-state index >= 15 is 0 Å². The Kier molecular flexibility index (Phi) is 9.34. The number of hydrogen-bond acceptors (Lipinski definition) is 3. The van der Waals surface area contributed by atoms with Crippen LogP contribution in [0.5, 0.6) is 0 Å². The summed E-state index contributed by atoms with van der Waals surface area (Å²) >= 11 is 6.10. The fourth-order valence-electron chi connectivity index (χ4n) is 3.17. The monoisotopic (exact) mass is 429 g/mol. The highest BCUT2D eigenvalue weighted by Crippen LogP contribution is 2.15. The first-order valence-corrected chi connectivity index (χ1v) is 10.9. The molecule has 30 heavy (non-hydrogen) atoms. The van der Waals surface area contributed by atoms with E-state index in [1.165, 1.54) is 5.56 Å². The molecule has 2 aromatic carbocycles. The quantitative estimate of drug-likeness (QED) is 0.593. The van der Waals surface area contributed by atoms with Gasteiger partial charge in [0.05, 0.1) is 10.6 Å². The highest BCUT2D eigenvalue weighted by Gasteiger charge is 2.25. The van der Waals surface area contributed by atoms with Crippen LogP contribution in [0.25, 0.3) is 0 Å². The third-order valence-corrected chi connectivity index (χ3v) is 5.47. The second kappa shape index (κ2) is 11.7. The Balaban J connectivity index is 1.95. The first-order valence-electron chi connectivity index (χ1n) is 10.5. The molecule has 0 bridgehead atoms. The van der Waals surface area contributed by atoms with Gasteiger partial charge >= 0.3 is 0 Å². The zero-order chi connectivity index (χ0) is 22.1. The number of amides is 2. The fourth-order valence-corrected chi connectivity index (χ4v) is 3.39. The normalized spacial score (nSPS) is 12.1. The van der Waals surface area contributed by atoms with E-state index in [9.17, 15) is 9.59 Å². The lowest BCUT2D eigenvalue weighted by Crippen LogP contribution is -2.49. The number of rotatable bonds is 10. The van der Waals surface area contributed by atoms with Gasteiger partial charge in [-0.15, -0.1) is 0 Å². The molecule has 0 unspecified atom stereocenters. The van der Waals surface area contributed by atoms with Gasteiger partial charge in [-0.1, -0.05) is 75.7 Å². The highest BCUT2D eigenvalue weighted by molar-refractivity contribution is 6.33. The Morgan fingerprint density at radius 2 is 1.57 bits per heavy atom. The van der Waals surface area contributed by atoms with Crippen LogP contribution in [0.3, 0.4) is 0 Å². The van der Waals surface area contributed by atoms with E-state index in [-0.39, 0.29) is 17.7 Å². The van der Waals surface area contributed by atoms with Gasteiger partial charge in [-0.2, -0.15) is 0 Å². The van der Waals surface area contributed by atoms with Crippen LogP contribution in [0.4, 0.5) is 0 Å². The lowest BCUT2D eigenvalue weighted by molar-refractivity contribution is -0.124. The smallest absolute Gasteiger partial charge is 0.253 e. The van der Waals surface area contributed by atoms with Crippen LogP contribution in [-0.2, 0) is 17.9 Å². The Hall–Kier alpha value is -2.37. The van der Waals surface area contributed by atoms with Gasteiger partial charge < -0.3 is 10.6 Å². The van der Waals surface area contributed by atoms with Crippen LogP contribution in [0.2, 0.25) is 5.02 Å². The Morgan fingerprint density at radius 3 is 2.13 bits per heavy atom. The molecule has 2 amide bonds. The molecule has 0 aliphatic rings. The Bertz CT molecular complexity index is 833. The number of carbonyl (C=O) groups excluding carboxylic acids is 2. The van der Waals surface area contributed by atoms with Crippen molar-refractivity contribution in [2.45, 2.75) is 46.8 Å². The van der Waals surface area contributed by atoms with Crippen LogP contribution in [0.15, 0.2) is 48.5 Å². The van der Waals surface area contributed by atoms with Crippen molar-refractivity contribution >= 4 is 23.4 Å². The summed E-state index contributed by atoms with van der Waals surface area (Å²) in [7, 11) is 0. The summed E-state index contributed by atoms with van der Waals surface area (Å²) in [5.41, 5.74) is 2.63. The van der Waals surface area contributed by atoms with Crippen molar-refractivity contribution < 1.29 is 9.59 Å². The molecule has 0 fully saturated rings. The number of hydrogen-bond donors (Lipinski definition) is 2. The van der Waals surface area contributed by atoms with Gasteiger partial charge in [0.15, 0.2) is 0 Å². The minimum Gasteiger partial charge on any atom is -0.350 e. The molecule has 5 nitrogen and oxygen atoms in total. The fraction of sp³-hybridized carbons (Fsp3) is 0.417. The van der Waals surface area contributed by atoms with Crippen molar-refractivity contribution in [2.75, 3.05) is 13.1 Å². The van der Waals surface area contributed by atoms with Crippen molar-refractivity contribution in [2.24, 2.45) is 5.92 Å². The van der Waals surface area contributed by atoms with E-state index in [1.54, 1.807) is 24.3 Å². The Morgan fingerprint density at radius 1 is 0.967 bits per heavy atom. The lowest BCUT2D eigenvalue weighted by Gasteiger charge is -2.22. The number of benzene rings is 2. The molecule has 1 atom stereocenters. The molecule has 0 aromatic heterocycles. The van der Waals surface area contributed by atoms with Crippen molar-refractivity contribution in [1.82, 2.24) is 15.5 Å². The maximum absolute atomic E-state index is 12.7. The van der Waals surface area contributed by atoms with Crippen LogP contribution >= 0.6 is 11.6 Å². The minimum absolute atomic E-state index is 0.0621. The van der Waals surface area contributed by atoms with Crippen LogP contribution < -0.4 is 10.6 Å². The average molecular weight is 430 g/mol. The topological polar surface area (TPSA) is 61.4 Å². The van der Waals surface area contributed by atoms with E-state index < -0.39 is 6.04 Å². The molecule has 0 saturated heterocycles. The lowest BCUT2D eigenvalue weighted by atomic mass is 10.0.